The number of fused-ring (bicyclic) bond motifs is 1. The third-order valence-corrected chi connectivity index (χ3v) is 4.22. The van der Waals surface area contributed by atoms with E-state index in [0.717, 1.165) is 41.1 Å². The minimum Gasteiger partial charge on any atom is -0.383 e. The van der Waals surface area contributed by atoms with Crippen molar-refractivity contribution in [3.63, 3.8) is 0 Å². The van der Waals surface area contributed by atoms with Crippen molar-refractivity contribution in [2.24, 2.45) is 0 Å². The zero-order chi connectivity index (χ0) is 15.6. The molecule has 118 valence electrons. The lowest BCUT2D eigenvalue weighted by Crippen LogP contribution is -2.29. The molecule has 1 aliphatic heterocycles. The van der Waals surface area contributed by atoms with E-state index in [1.165, 1.54) is 12.8 Å². The zero-order valence-electron chi connectivity index (χ0n) is 12.7. The van der Waals surface area contributed by atoms with E-state index >= 15 is 0 Å². The Labute approximate surface area is 133 Å². The van der Waals surface area contributed by atoms with Crippen molar-refractivity contribution in [3.8, 4) is 11.3 Å². The molecule has 5 N–H and O–H groups in total. The summed E-state index contributed by atoms with van der Waals surface area (Å²) in [5, 5.41) is 8.07. The smallest absolute Gasteiger partial charge is 0.220 e. The van der Waals surface area contributed by atoms with Gasteiger partial charge in [-0.25, -0.2) is 15.0 Å². The summed E-state index contributed by atoms with van der Waals surface area (Å²) in [6.07, 6.45) is 7.85. The molecule has 7 nitrogen and oxygen atoms in total. The number of rotatable bonds is 4. The van der Waals surface area contributed by atoms with E-state index in [-0.39, 0.29) is 5.95 Å². The van der Waals surface area contributed by atoms with Crippen LogP contribution in [0.5, 0.6) is 0 Å². The average molecular weight is 309 g/mol. The second kappa shape index (κ2) is 5.85. The Balaban J connectivity index is 1.71. The van der Waals surface area contributed by atoms with Crippen molar-refractivity contribution in [2.45, 2.75) is 18.9 Å². The molecule has 3 aromatic heterocycles. The molecule has 0 saturated carbocycles. The third-order valence-electron chi connectivity index (χ3n) is 4.22. The zero-order valence-corrected chi connectivity index (χ0v) is 12.7. The van der Waals surface area contributed by atoms with Crippen LogP contribution in [-0.2, 0) is 0 Å². The SMILES string of the molecule is Nc1nccc(-c2c[nH]c3nccc(NC[C@@H]4CCCN4)c23)n1. The van der Waals surface area contributed by atoms with Crippen molar-refractivity contribution in [1.29, 1.82) is 0 Å². The van der Waals surface area contributed by atoms with Crippen LogP contribution in [0.3, 0.4) is 0 Å². The summed E-state index contributed by atoms with van der Waals surface area (Å²) in [6, 6.07) is 4.38. The molecule has 1 aliphatic rings. The fourth-order valence-corrected chi connectivity index (χ4v) is 3.09. The van der Waals surface area contributed by atoms with Gasteiger partial charge in [0.2, 0.25) is 5.95 Å². The Hall–Kier alpha value is -2.67. The first kappa shape index (κ1) is 14.0. The molecule has 0 spiro atoms. The molecular formula is C16H19N7. The number of H-pyrrole nitrogens is 1. The number of nitrogens with two attached hydrogens (primary N) is 1. The molecule has 0 bridgehead atoms. The Kier molecular flexibility index (Phi) is 3.55. The van der Waals surface area contributed by atoms with Gasteiger partial charge in [0.05, 0.1) is 11.1 Å². The van der Waals surface area contributed by atoms with Crippen LogP contribution in [0.15, 0.2) is 30.7 Å². The summed E-state index contributed by atoms with van der Waals surface area (Å²) >= 11 is 0. The van der Waals surface area contributed by atoms with Crippen molar-refractivity contribution in [3.05, 3.63) is 30.7 Å². The minimum atomic E-state index is 0.269. The average Bonchev–Trinajstić information content (AvgIpc) is 3.22. The van der Waals surface area contributed by atoms with Crippen LogP contribution in [0.1, 0.15) is 12.8 Å². The third kappa shape index (κ3) is 2.70. The highest BCUT2D eigenvalue weighted by Gasteiger charge is 2.16. The fourth-order valence-electron chi connectivity index (χ4n) is 3.09. The van der Waals surface area contributed by atoms with E-state index in [4.69, 9.17) is 5.73 Å². The summed E-state index contributed by atoms with van der Waals surface area (Å²) < 4.78 is 0. The molecule has 3 aromatic rings. The van der Waals surface area contributed by atoms with Gasteiger partial charge in [0.1, 0.15) is 5.65 Å². The number of anilines is 2. The Morgan fingerprint density at radius 2 is 2.17 bits per heavy atom. The summed E-state index contributed by atoms with van der Waals surface area (Å²) in [4.78, 5) is 15.9. The first-order valence-corrected chi connectivity index (χ1v) is 7.83. The molecule has 7 heteroatoms. The van der Waals surface area contributed by atoms with Gasteiger partial charge in [0.15, 0.2) is 0 Å². The molecule has 0 aromatic carbocycles. The highest BCUT2D eigenvalue weighted by atomic mass is 15.0. The van der Waals surface area contributed by atoms with Gasteiger partial charge in [0.25, 0.3) is 0 Å². The number of aromatic amines is 1. The Morgan fingerprint density at radius 3 is 3.00 bits per heavy atom. The number of nitrogen functional groups attached to an aromatic ring is 1. The Bertz CT molecular complexity index is 820. The number of nitrogens with zero attached hydrogens (tertiary/aromatic N) is 3. The maximum absolute atomic E-state index is 5.72. The van der Waals surface area contributed by atoms with Crippen LogP contribution in [-0.4, -0.2) is 39.1 Å². The van der Waals surface area contributed by atoms with E-state index in [1.807, 2.05) is 18.3 Å². The predicted octanol–water partition coefficient (Wildman–Crippen LogP) is 1.77. The van der Waals surface area contributed by atoms with E-state index in [2.05, 4.69) is 30.6 Å². The molecule has 4 rings (SSSR count). The second-order valence-corrected chi connectivity index (χ2v) is 5.76. The summed E-state index contributed by atoms with van der Waals surface area (Å²) in [7, 11) is 0. The molecule has 1 atom stereocenters. The van der Waals surface area contributed by atoms with Crippen molar-refractivity contribution in [1.82, 2.24) is 25.3 Å². The lowest BCUT2D eigenvalue weighted by molar-refractivity contribution is 0.634. The fraction of sp³-hybridized carbons (Fsp3) is 0.312. The summed E-state index contributed by atoms with van der Waals surface area (Å²) in [5.74, 6) is 0.269. The molecule has 4 heterocycles. The van der Waals surface area contributed by atoms with Gasteiger partial charge in [-0.15, -0.1) is 0 Å². The largest absolute Gasteiger partial charge is 0.383 e. The maximum atomic E-state index is 5.72. The van der Waals surface area contributed by atoms with Crippen LogP contribution in [0.4, 0.5) is 11.6 Å². The van der Waals surface area contributed by atoms with Crippen LogP contribution < -0.4 is 16.4 Å². The minimum absolute atomic E-state index is 0.269. The Morgan fingerprint density at radius 1 is 1.26 bits per heavy atom. The van der Waals surface area contributed by atoms with E-state index in [9.17, 15) is 0 Å². The van der Waals surface area contributed by atoms with E-state index < -0.39 is 0 Å². The second-order valence-electron chi connectivity index (χ2n) is 5.76. The number of pyridine rings is 1. The number of nitrogens with one attached hydrogen (secondary N) is 3. The van der Waals surface area contributed by atoms with Gasteiger partial charge in [-0.1, -0.05) is 0 Å². The summed E-state index contributed by atoms with van der Waals surface area (Å²) in [6.45, 7) is 2.00. The molecule has 1 saturated heterocycles. The number of aromatic nitrogens is 4. The molecule has 0 amide bonds. The highest BCUT2D eigenvalue weighted by Crippen LogP contribution is 2.32. The van der Waals surface area contributed by atoms with Crippen molar-refractivity contribution in [2.75, 3.05) is 24.1 Å². The first-order chi connectivity index (χ1) is 11.3. The van der Waals surface area contributed by atoms with Crippen LogP contribution in [0.25, 0.3) is 22.3 Å². The van der Waals surface area contributed by atoms with Crippen LogP contribution in [0.2, 0.25) is 0 Å². The highest BCUT2D eigenvalue weighted by molar-refractivity contribution is 6.01. The van der Waals surface area contributed by atoms with Gasteiger partial charge in [-0.2, -0.15) is 0 Å². The van der Waals surface area contributed by atoms with Crippen LogP contribution in [0, 0.1) is 0 Å². The maximum Gasteiger partial charge on any atom is 0.220 e. The monoisotopic (exact) mass is 309 g/mol. The molecule has 23 heavy (non-hydrogen) atoms. The molecular weight excluding hydrogens is 290 g/mol. The molecule has 0 aliphatic carbocycles. The van der Waals surface area contributed by atoms with Gasteiger partial charge in [-0.3, -0.25) is 0 Å². The van der Waals surface area contributed by atoms with Gasteiger partial charge in [-0.05, 0) is 31.5 Å². The van der Waals surface area contributed by atoms with Gasteiger partial charge < -0.3 is 21.4 Å². The normalized spacial score (nSPS) is 17.7. The van der Waals surface area contributed by atoms with E-state index in [0.29, 0.717) is 6.04 Å². The van der Waals surface area contributed by atoms with Gasteiger partial charge >= 0.3 is 0 Å². The number of hydrogen-bond donors (Lipinski definition) is 4. The lowest BCUT2D eigenvalue weighted by atomic mass is 10.1. The standard InChI is InChI=1S/C16H19N7/c17-16-20-7-3-12(23-16)11-9-22-15-14(11)13(4-6-19-15)21-8-10-2-1-5-18-10/h3-4,6-7,9-10,18H,1-2,5,8H2,(H2,17,20,23)(H2,19,21,22)/t10-/m0/s1. The first-order valence-electron chi connectivity index (χ1n) is 7.83. The van der Waals surface area contributed by atoms with Gasteiger partial charge in [0, 0.05) is 42.4 Å². The quantitative estimate of drug-likeness (QED) is 0.585. The van der Waals surface area contributed by atoms with Crippen molar-refractivity contribution < 1.29 is 0 Å². The van der Waals surface area contributed by atoms with E-state index in [1.54, 1.807) is 12.4 Å². The number of hydrogen-bond acceptors (Lipinski definition) is 6. The topological polar surface area (TPSA) is 105 Å². The predicted molar refractivity (Wildman–Crippen MR) is 91.0 cm³/mol. The van der Waals surface area contributed by atoms with Crippen LogP contribution >= 0.6 is 0 Å². The molecule has 1 fully saturated rings. The summed E-state index contributed by atoms with van der Waals surface area (Å²) in [5.41, 5.74) is 9.37. The molecule has 0 unspecified atom stereocenters. The lowest BCUT2D eigenvalue weighted by Gasteiger charge is -2.14. The molecule has 0 radical (unpaired) electrons. The van der Waals surface area contributed by atoms with Crippen molar-refractivity contribution >= 4 is 22.7 Å².